The summed E-state index contributed by atoms with van der Waals surface area (Å²) >= 11 is 2.05. The average Bonchev–Trinajstić information content (AvgIpc) is 2.97. The number of rotatable bonds is 4. The van der Waals surface area contributed by atoms with Gasteiger partial charge in [0.25, 0.3) is 0 Å². The number of thiophene rings is 1. The molecule has 2 heteroatoms. The highest BCUT2D eigenvalue weighted by molar-refractivity contribution is 7.12. The summed E-state index contributed by atoms with van der Waals surface area (Å²) in [6.45, 7) is 3.48. The molecular formula is C16H25NS. The van der Waals surface area contributed by atoms with Crippen molar-refractivity contribution in [3.63, 3.8) is 0 Å². The summed E-state index contributed by atoms with van der Waals surface area (Å²) in [4.78, 5) is 3.22. The van der Waals surface area contributed by atoms with E-state index in [0.29, 0.717) is 6.04 Å². The summed E-state index contributed by atoms with van der Waals surface area (Å²) in [5.41, 5.74) is 1.64. The Hall–Kier alpha value is -0.340. The molecule has 0 aromatic carbocycles. The summed E-state index contributed by atoms with van der Waals surface area (Å²) in [5.74, 6) is 0.922. The highest BCUT2D eigenvalue weighted by Crippen LogP contribution is 2.31. The first-order valence-electron chi connectivity index (χ1n) is 7.67. The van der Waals surface area contributed by atoms with Crippen LogP contribution in [0.2, 0.25) is 0 Å². The van der Waals surface area contributed by atoms with Crippen LogP contribution in [0.15, 0.2) is 6.07 Å². The van der Waals surface area contributed by atoms with Gasteiger partial charge in [-0.25, -0.2) is 0 Å². The van der Waals surface area contributed by atoms with E-state index in [0.717, 1.165) is 12.5 Å². The monoisotopic (exact) mass is 263 g/mol. The molecule has 2 aliphatic rings. The standard InChI is InChI=1S/C16H25NS/c1-12(13-6-3-2-4-7-13)17-11-15-10-14-8-5-9-16(14)18-15/h10,12-13,17H,2-9,11H2,1H3. The lowest BCUT2D eigenvalue weighted by atomic mass is 9.84. The predicted molar refractivity (Wildman–Crippen MR) is 79.2 cm³/mol. The number of hydrogen-bond donors (Lipinski definition) is 1. The van der Waals surface area contributed by atoms with Gasteiger partial charge in [0.05, 0.1) is 0 Å². The van der Waals surface area contributed by atoms with Gasteiger partial charge in [0.15, 0.2) is 0 Å². The van der Waals surface area contributed by atoms with Crippen LogP contribution < -0.4 is 5.32 Å². The fourth-order valence-electron chi connectivity index (χ4n) is 3.54. The first kappa shape index (κ1) is 12.7. The van der Waals surface area contributed by atoms with E-state index in [-0.39, 0.29) is 0 Å². The molecule has 2 aliphatic carbocycles. The molecular weight excluding hydrogens is 238 g/mol. The van der Waals surface area contributed by atoms with Crippen LogP contribution in [0.4, 0.5) is 0 Å². The smallest absolute Gasteiger partial charge is 0.0302 e. The molecule has 0 spiro atoms. The predicted octanol–water partition coefficient (Wildman–Crippen LogP) is 4.30. The lowest BCUT2D eigenvalue weighted by Gasteiger charge is -2.28. The van der Waals surface area contributed by atoms with E-state index in [4.69, 9.17) is 0 Å². The third-order valence-electron chi connectivity index (χ3n) is 4.75. The van der Waals surface area contributed by atoms with Crippen LogP contribution in [0.1, 0.15) is 60.8 Å². The van der Waals surface area contributed by atoms with Gasteiger partial charge in [-0.1, -0.05) is 19.3 Å². The molecule has 100 valence electrons. The Morgan fingerprint density at radius 1 is 1.22 bits per heavy atom. The second-order valence-corrected chi connectivity index (χ2v) is 7.30. The van der Waals surface area contributed by atoms with E-state index in [1.807, 2.05) is 11.3 Å². The van der Waals surface area contributed by atoms with E-state index in [2.05, 4.69) is 18.3 Å². The SMILES string of the molecule is CC(NCc1cc2c(s1)CCC2)C1CCCCC1. The largest absolute Gasteiger partial charge is 0.309 e. The van der Waals surface area contributed by atoms with Gasteiger partial charge in [-0.05, 0) is 56.6 Å². The maximum atomic E-state index is 3.77. The fourth-order valence-corrected chi connectivity index (χ4v) is 4.75. The summed E-state index contributed by atoms with van der Waals surface area (Å²) < 4.78 is 0. The third kappa shape index (κ3) is 2.80. The normalized spacial score (nSPS) is 22.1. The number of aryl methyl sites for hydroxylation is 2. The molecule has 1 aromatic heterocycles. The molecule has 1 heterocycles. The molecule has 0 aliphatic heterocycles. The van der Waals surface area contributed by atoms with Crippen LogP contribution >= 0.6 is 11.3 Å². The van der Waals surface area contributed by atoms with Gasteiger partial charge < -0.3 is 5.32 Å². The second-order valence-electron chi connectivity index (χ2n) is 6.08. The summed E-state index contributed by atoms with van der Waals surface area (Å²) in [6, 6.07) is 3.15. The number of fused-ring (bicyclic) bond motifs is 1. The Balaban J connectivity index is 1.50. The van der Waals surface area contributed by atoms with Crippen molar-refractivity contribution in [3.8, 4) is 0 Å². The van der Waals surface area contributed by atoms with Crippen molar-refractivity contribution in [2.24, 2.45) is 5.92 Å². The Kier molecular flexibility index (Phi) is 4.05. The average molecular weight is 263 g/mol. The molecule has 1 nitrogen and oxygen atoms in total. The summed E-state index contributed by atoms with van der Waals surface area (Å²) in [6.07, 6.45) is 11.3. The van der Waals surface area contributed by atoms with Crippen LogP contribution in [0, 0.1) is 5.92 Å². The zero-order valence-electron chi connectivity index (χ0n) is 11.5. The van der Waals surface area contributed by atoms with Gasteiger partial charge in [-0.15, -0.1) is 11.3 Å². The molecule has 0 radical (unpaired) electrons. The van der Waals surface area contributed by atoms with Crippen LogP contribution in [-0.2, 0) is 19.4 Å². The maximum Gasteiger partial charge on any atom is 0.0302 e. The Morgan fingerprint density at radius 3 is 2.83 bits per heavy atom. The quantitative estimate of drug-likeness (QED) is 0.854. The van der Waals surface area contributed by atoms with E-state index >= 15 is 0 Å². The van der Waals surface area contributed by atoms with Crippen molar-refractivity contribution in [1.82, 2.24) is 5.32 Å². The molecule has 0 amide bonds. The van der Waals surface area contributed by atoms with Crippen molar-refractivity contribution >= 4 is 11.3 Å². The molecule has 1 N–H and O–H groups in total. The van der Waals surface area contributed by atoms with Crippen molar-refractivity contribution < 1.29 is 0 Å². The van der Waals surface area contributed by atoms with Crippen molar-refractivity contribution in [2.75, 3.05) is 0 Å². The first-order valence-corrected chi connectivity index (χ1v) is 8.48. The van der Waals surface area contributed by atoms with Gasteiger partial charge in [0, 0.05) is 22.3 Å². The van der Waals surface area contributed by atoms with Crippen molar-refractivity contribution in [2.45, 2.75) is 70.9 Å². The molecule has 1 saturated carbocycles. The van der Waals surface area contributed by atoms with Gasteiger partial charge in [0.1, 0.15) is 0 Å². The second kappa shape index (κ2) is 5.75. The third-order valence-corrected chi connectivity index (χ3v) is 5.99. The summed E-state index contributed by atoms with van der Waals surface area (Å²) in [5, 5.41) is 3.77. The Morgan fingerprint density at radius 2 is 2.06 bits per heavy atom. The zero-order chi connectivity index (χ0) is 12.4. The van der Waals surface area contributed by atoms with E-state index in [9.17, 15) is 0 Å². The first-order chi connectivity index (χ1) is 8.83. The van der Waals surface area contributed by atoms with Crippen molar-refractivity contribution in [3.05, 3.63) is 21.4 Å². The molecule has 0 saturated heterocycles. The molecule has 1 atom stereocenters. The molecule has 1 unspecified atom stereocenters. The minimum atomic E-state index is 0.697. The molecule has 18 heavy (non-hydrogen) atoms. The topological polar surface area (TPSA) is 12.0 Å². The molecule has 0 bridgehead atoms. The van der Waals surface area contributed by atoms with Crippen LogP contribution in [0.25, 0.3) is 0 Å². The minimum absolute atomic E-state index is 0.697. The van der Waals surface area contributed by atoms with E-state index < -0.39 is 0 Å². The molecule has 1 aromatic rings. The fraction of sp³-hybridized carbons (Fsp3) is 0.750. The molecule has 1 fully saturated rings. The van der Waals surface area contributed by atoms with E-state index in [1.54, 1.807) is 15.3 Å². The molecule has 3 rings (SSSR count). The lowest BCUT2D eigenvalue weighted by molar-refractivity contribution is 0.281. The van der Waals surface area contributed by atoms with Crippen LogP contribution in [-0.4, -0.2) is 6.04 Å². The number of hydrogen-bond acceptors (Lipinski definition) is 2. The van der Waals surface area contributed by atoms with Crippen molar-refractivity contribution in [1.29, 1.82) is 0 Å². The zero-order valence-corrected chi connectivity index (χ0v) is 12.3. The minimum Gasteiger partial charge on any atom is -0.309 e. The van der Waals surface area contributed by atoms with Crippen LogP contribution in [0.3, 0.4) is 0 Å². The van der Waals surface area contributed by atoms with Crippen LogP contribution in [0.5, 0.6) is 0 Å². The lowest BCUT2D eigenvalue weighted by Crippen LogP contribution is -2.34. The summed E-state index contributed by atoms with van der Waals surface area (Å²) in [7, 11) is 0. The van der Waals surface area contributed by atoms with Gasteiger partial charge in [-0.2, -0.15) is 0 Å². The number of nitrogens with one attached hydrogen (secondary N) is 1. The van der Waals surface area contributed by atoms with Gasteiger partial charge in [0.2, 0.25) is 0 Å². The maximum absolute atomic E-state index is 3.77. The van der Waals surface area contributed by atoms with E-state index in [1.165, 1.54) is 51.4 Å². The van der Waals surface area contributed by atoms with Gasteiger partial charge >= 0.3 is 0 Å². The Bertz CT molecular complexity index is 368. The highest BCUT2D eigenvalue weighted by Gasteiger charge is 2.20. The van der Waals surface area contributed by atoms with Gasteiger partial charge in [-0.3, -0.25) is 0 Å². The Labute approximate surface area is 115 Å². The highest BCUT2D eigenvalue weighted by atomic mass is 32.1.